The summed E-state index contributed by atoms with van der Waals surface area (Å²) >= 11 is 0. The number of rotatable bonds is 5. The molecule has 1 amide bonds. The van der Waals surface area contributed by atoms with E-state index in [2.05, 4.69) is 24.8 Å². The van der Waals surface area contributed by atoms with Crippen molar-refractivity contribution < 1.29 is 9.18 Å². The Balaban J connectivity index is 1.40. The Morgan fingerprint density at radius 2 is 1.91 bits per heavy atom. The van der Waals surface area contributed by atoms with Gasteiger partial charge in [-0.2, -0.15) is 0 Å². The van der Waals surface area contributed by atoms with E-state index in [4.69, 9.17) is 5.53 Å². The molecule has 0 bridgehead atoms. The molecule has 0 N–H and O–H groups in total. The van der Waals surface area contributed by atoms with Crippen LogP contribution in [0.15, 0.2) is 69.9 Å². The van der Waals surface area contributed by atoms with Gasteiger partial charge in [0.25, 0.3) is 5.91 Å². The predicted octanol–water partition coefficient (Wildman–Crippen LogP) is 3.94. The average molecular weight is 431 g/mol. The van der Waals surface area contributed by atoms with Crippen LogP contribution in [0.4, 0.5) is 10.1 Å². The number of hydrogen-bond acceptors (Lipinski definition) is 5. The Kier molecular flexibility index (Phi) is 5.34. The number of amides is 1. The van der Waals surface area contributed by atoms with Gasteiger partial charge in [-0.1, -0.05) is 35.4 Å². The fraction of sp³-hybridized carbons (Fsp3) is 0.304. The summed E-state index contributed by atoms with van der Waals surface area (Å²) < 4.78 is 13.6. The highest BCUT2D eigenvalue weighted by atomic mass is 19.1. The first kappa shape index (κ1) is 20.2. The molecule has 162 valence electrons. The number of carbonyl (C=O) groups is 1. The topological polar surface area (TPSA) is 87.9 Å². The summed E-state index contributed by atoms with van der Waals surface area (Å²) in [6.07, 6.45) is 0.760. The molecule has 0 saturated carbocycles. The standard InChI is InChI=1S/C23H22FN7O/c24-18-5-1-3-16(11-18)13-29-9-7-21-20(15-29)22(32)31(23-26-8-10-30(21)23)14-17-4-2-6-19(12-17)27-28-25/h1-6,11-12H,7-10,13-15H2. The quantitative estimate of drug-likeness (QED) is 0.408. The highest BCUT2D eigenvalue weighted by molar-refractivity contribution is 6.09. The number of hydrogen-bond donors (Lipinski definition) is 0. The lowest BCUT2D eigenvalue weighted by molar-refractivity contribution is -0.125. The normalized spacial score (nSPS) is 18.3. The van der Waals surface area contributed by atoms with Crippen LogP contribution in [0.2, 0.25) is 0 Å². The zero-order valence-electron chi connectivity index (χ0n) is 17.5. The minimum atomic E-state index is -0.250. The van der Waals surface area contributed by atoms with Crippen LogP contribution in [0, 0.1) is 5.82 Å². The van der Waals surface area contributed by atoms with Crippen molar-refractivity contribution in [2.24, 2.45) is 10.1 Å². The third kappa shape index (κ3) is 3.84. The Morgan fingerprint density at radius 3 is 2.72 bits per heavy atom. The molecule has 0 spiro atoms. The summed E-state index contributed by atoms with van der Waals surface area (Å²) in [5, 5.41) is 3.66. The molecule has 0 fully saturated rings. The third-order valence-electron chi connectivity index (χ3n) is 5.99. The molecule has 0 aliphatic carbocycles. The number of nitrogens with zero attached hydrogens (tertiary/aromatic N) is 7. The second-order valence-electron chi connectivity index (χ2n) is 8.10. The minimum absolute atomic E-state index is 0.0463. The molecule has 8 nitrogen and oxygen atoms in total. The van der Waals surface area contributed by atoms with Gasteiger partial charge in [0.05, 0.1) is 18.7 Å². The fourth-order valence-corrected chi connectivity index (χ4v) is 4.60. The number of halogens is 1. The van der Waals surface area contributed by atoms with Crippen molar-refractivity contribution in [3.05, 3.63) is 87.2 Å². The Morgan fingerprint density at radius 1 is 1.09 bits per heavy atom. The smallest absolute Gasteiger partial charge is 0.259 e. The van der Waals surface area contributed by atoms with Gasteiger partial charge < -0.3 is 4.90 Å². The minimum Gasteiger partial charge on any atom is -0.314 e. The maximum Gasteiger partial charge on any atom is 0.259 e. The van der Waals surface area contributed by atoms with Crippen molar-refractivity contribution in [1.82, 2.24) is 14.7 Å². The molecular formula is C23H22FN7O. The molecule has 0 aromatic heterocycles. The lowest BCUT2D eigenvalue weighted by Crippen LogP contribution is -2.53. The van der Waals surface area contributed by atoms with Crippen molar-refractivity contribution in [2.45, 2.75) is 19.5 Å². The second-order valence-corrected chi connectivity index (χ2v) is 8.10. The first-order chi connectivity index (χ1) is 15.6. The maximum absolute atomic E-state index is 13.6. The van der Waals surface area contributed by atoms with Gasteiger partial charge in [-0.05, 0) is 34.9 Å². The molecule has 0 radical (unpaired) electrons. The SMILES string of the molecule is [N-]=[N+]=Nc1cccc(CN2C(=O)C3=C(CCN(Cc4cccc(F)c4)C3)N3CCN=C23)c1. The first-order valence-corrected chi connectivity index (χ1v) is 10.6. The molecule has 3 aliphatic heterocycles. The van der Waals surface area contributed by atoms with Gasteiger partial charge in [0.1, 0.15) is 5.82 Å². The van der Waals surface area contributed by atoms with E-state index in [-0.39, 0.29) is 11.7 Å². The number of azide groups is 1. The van der Waals surface area contributed by atoms with Crippen molar-refractivity contribution in [3.63, 3.8) is 0 Å². The monoisotopic (exact) mass is 431 g/mol. The zero-order chi connectivity index (χ0) is 22.1. The summed E-state index contributed by atoms with van der Waals surface area (Å²) in [6, 6.07) is 13.8. The highest BCUT2D eigenvalue weighted by Crippen LogP contribution is 2.32. The van der Waals surface area contributed by atoms with E-state index in [0.29, 0.717) is 37.8 Å². The zero-order valence-corrected chi connectivity index (χ0v) is 17.5. The van der Waals surface area contributed by atoms with Gasteiger partial charge in [-0.25, -0.2) is 4.39 Å². The molecule has 3 heterocycles. The van der Waals surface area contributed by atoms with Crippen LogP contribution in [-0.4, -0.2) is 52.7 Å². The van der Waals surface area contributed by atoms with Crippen LogP contribution in [0.5, 0.6) is 0 Å². The molecule has 32 heavy (non-hydrogen) atoms. The van der Waals surface area contributed by atoms with Crippen LogP contribution >= 0.6 is 0 Å². The first-order valence-electron chi connectivity index (χ1n) is 10.6. The Hall–Kier alpha value is -3.68. The van der Waals surface area contributed by atoms with E-state index < -0.39 is 0 Å². The maximum atomic E-state index is 13.6. The van der Waals surface area contributed by atoms with Crippen LogP contribution in [0.1, 0.15) is 17.5 Å². The van der Waals surface area contributed by atoms with Crippen LogP contribution in [0.3, 0.4) is 0 Å². The summed E-state index contributed by atoms with van der Waals surface area (Å²) in [4.78, 5) is 27.1. The molecule has 0 atom stereocenters. The molecule has 0 unspecified atom stereocenters. The van der Waals surface area contributed by atoms with Crippen LogP contribution < -0.4 is 0 Å². The van der Waals surface area contributed by atoms with Crippen LogP contribution in [-0.2, 0) is 17.9 Å². The van der Waals surface area contributed by atoms with E-state index in [1.807, 2.05) is 18.2 Å². The van der Waals surface area contributed by atoms with Gasteiger partial charge in [0, 0.05) is 48.9 Å². The fourth-order valence-electron chi connectivity index (χ4n) is 4.60. The lowest BCUT2D eigenvalue weighted by atomic mass is 10.00. The number of aliphatic imine (C=N–C) groups is 1. The van der Waals surface area contributed by atoms with E-state index in [1.165, 1.54) is 6.07 Å². The van der Waals surface area contributed by atoms with Gasteiger partial charge >= 0.3 is 0 Å². The number of benzene rings is 2. The summed E-state index contributed by atoms with van der Waals surface area (Å²) in [5.74, 6) is 0.400. The summed E-state index contributed by atoms with van der Waals surface area (Å²) in [5.41, 5.74) is 12.8. The number of carbonyl (C=O) groups excluding carboxylic acids is 1. The lowest BCUT2D eigenvalue weighted by Gasteiger charge is -2.42. The Bertz CT molecular complexity index is 1180. The molecule has 9 heteroatoms. The van der Waals surface area contributed by atoms with Crippen molar-refractivity contribution in [1.29, 1.82) is 0 Å². The summed E-state index contributed by atoms with van der Waals surface area (Å²) in [6.45, 7) is 3.69. The van der Waals surface area contributed by atoms with Crippen molar-refractivity contribution in [2.75, 3.05) is 26.2 Å². The van der Waals surface area contributed by atoms with E-state index >= 15 is 0 Å². The van der Waals surface area contributed by atoms with Crippen molar-refractivity contribution in [3.8, 4) is 0 Å². The molecule has 2 aromatic carbocycles. The largest absolute Gasteiger partial charge is 0.314 e. The third-order valence-corrected chi connectivity index (χ3v) is 5.99. The molecular weight excluding hydrogens is 409 g/mol. The van der Waals surface area contributed by atoms with E-state index in [1.54, 1.807) is 29.2 Å². The number of guanidine groups is 1. The van der Waals surface area contributed by atoms with Crippen molar-refractivity contribution >= 4 is 17.6 Å². The molecule has 5 rings (SSSR count). The van der Waals surface area contributed by atoms with Gasteiger partial charge in [-0.3, -0.25) is 19.6 Å². The van der Waals surface area contributed by atoms with Gasteiger partial charge in [0.15, 0.2) is 0 Å². The van der Waals surface area contributed by atoms with E-state index in [0.717, 1.165) is 41.9 Å². The van der Waals surface area contributed by atoms with Gasteiger partial charge in [0.2, 0.25) is 5.96 Å². The van der Waals surface area contributed by atoms with Crippen LogP contribution in [0.25, 0.3) is 10.4 Å². The Labute approximate surface area is 184 Å². The van der Waals surface area contributed by atoms with Gasteiger partial charge in [-0.15, -0.1) is 0 Å². The predicted molar refractivity (Wildman–Crippen MR) is 118 cm³/mol. The highest BCUT2D eigenvalue weighted by Gasteiger charge is 2.40. The molecule has 0 saturated heterocycles. The summed E-state index contributed by atoms with van der Waals surface area (Å²) in [7, 11) is 0. The average Bonchev–Trinajstić information content (AvgIpc) is 3.27. The molecule has 3 aliphatic rings. The molecule has 2 aromatic rings. The second kappa shape index (κ2) is 8.45. The number of fused-ring (bicyclic) bond motifs is 2. The van der Waals surface area contributed by atoms with E-state index in [9.17, 15) is 9.18 Å².